The molecule has 2 aliphatic heterocycles. The van der Waals surface area contributed by atoms with Crippen molar-refractivity contribution in [3.63, 3.8) is 0 Å². The van der Waals surface area contributed by atoms with Gasteiger partial charge in [0.1, 0.15) is 11.6 Å². The Morgan fingerprint density at radius 1 is 1.38 bits per heavy atom. The van der Waals surface area contributed by atoms with Crippen molar-refractivity contribution in [2.75, 3.05) is 18.5 Å². The number of cyclic esters (lactones) is 1. The Kier molecular flexibility index (Phi) is 4.39. The normalized spacial score (nSPS) is 20.4. The molecule has 0 radical (unpaired) electrons. The number of nitrogens with zero attached hydrogens (tertiary/aromatic N) is 1. The van der Waals surface area contributed by atoms with E-state index in [1.165, 1.54) is 5.56 Å². The van der Waals surface area contributed by atoms with Gasteiger partial charge in [0, 0.05) is 18.7 Å². The summed E-state index contributed by atoms with van der Waals surface area (Å²) in [5, 5.41) is 3.27. The number of ether oxygens (including phenoxy) is 2. The summed E-state index contributed by atoms with van der Waals surface area (Å²) < 4.78 is 10.5. The van der Waals surface area contributed by atoms with Crippen molar-refractivity contribution in [2.45, 2.75) is 51.8 Å². The first kappa shape index (κ1) is 16.6. The lowest BCUT2D eigenvalue weighted by atomic mass is 9.97. The third kappa shape index (κ3) is 3.63. The highest BCUT2D eigenvalue weighted by Gasteiger charge is 2.30. The van der Waals surface area contributed by atoms with Crippen LogP contribution in [0.3, 0.4) is 0 Å². The monoisotopic (exact) mass is 332 g/mol. The molecule has 2 heterocycles. The number of hydrogen-bond acceptors (Lipinski definition) is 5. The second-order valence-corrected chi connectivity index (χ2v) is 7.25. The number of fused-ring (bicyclic) bond motifs is 1. The molecule has 0 aliphatic carbocycles. The Balaban J connectivity index is 1.77. The average Bonchev–Trinajstić information content (AvgIpc) is 2.91. The lowest BCUT2D eigenvalue weighted by Gasteiger charge is -2.32. The van der Waals surface area contributed by atoms with Gasteiger partial charge >= 0.3 is 12.1 Å². The standard InChI is InChI=1S/C18H24N2O4/c1-18(2,3)24-17(22)20-9-7-12-5-4-6-14(13(12)11-20)19-15-8-10-23-16(15)21/h4-6,15,19H,7-11H2,1-3H3. The van der Waals surface area contributed by atoms with Crippen LogP contribution in [0, 0.1) is 0 Å². The first-order chi connectivity index (χ1) is 11.3. The van der Waals surface area contributed by atoms with Crippen molar-refractivity contribution < 1.29 is 19.1 Å². The van der Waals surface area contributed by atoms with E-state index in [4.69, 9.17) is 9.47 Å². The van der Waals surface area contributed by atoms with Gasteiger partial charge in [-0.3, -0.25) is 0 Å². The maximum atomic E-state index is 12.3. The van der Waals surface area contributed by atoms with E-state index in [0.29, 0.717) is 26.1 Å². The summed E-state index contributed by atoms with van der Waals surface area (Å²) >= 11 is 0. The Hall–Kier alpha value is -2.24. The van der Waals surface area contributed by atoms with E-state index in [1.54, 1.807) is 4.90 Å². The van der Waals surface area contributed by atoms with Crippen LogP contribution in [0.2, 0.25) is 0 Å². The van der Waals surface area contributed by atoms with Crippen molar-refractivity contribution in [3.05, 3.63) is 29.3 Å². The Morgan fingerprint density at radius 3 is 2.83 bits per heavy atom. The fraction of sp³-hybridized carbons (Fsp3) is 0.556. The minimum Gasteiger partial charge on any atom is -0.464 e. The van der Waals surface area contributed by atoms with E-state index in [0.717, 1.165) is 17.7 Å². The van der Waals surface area contributed by atoms with E-state index < -0.39 is 5.60 Å². The zero-order chi connectivity index (χ0) is 17.3. The number of benzene rings is 1. The number of nitrogens with one attached hydrogen (secondary N) is 1. The van der Waals surface area contributed by atoms with Crippen LogP contribution in [0.15, 0.2) is 18.2 Å². The van der Waals surface area contributed by atoms with E-state index in [9.17, 15) is 9.59 Å². The quantitative estimate of drug-likeness (QED) is 0.844. The van der Waals surface area contributed by atoms with Gasteiger partial charge in [-0.05, 0) is 44.4 Å². The number of amides is 1. The molecule has 1 fully saturated rings. The molecule has 1 N–H and O–H groups in total. The van der Waals surface area contributed by atoms with Crippen molar-refractivity contribution in [1.82, 2.24) is 4.90 Å². The number of esters is 1. The number of rotatable bonds is 2. The zero-order valence-electron chi connectivity index (χ0n) is 14.4. The minimum atomic E-state index is -0.511. The molecule has 0 saturated carbocycles. The Morgan fingerprint density at radius 2 is 2.17 bits per heavy atom. The van der Waals surface area contributed by atoms with Crippen LogP contribution in [0.5, 0.6) is 0 Å². The molecule has 24 heavy (non-hydrogen) atoms. The maximum absolute atomic E-state index is 12.3. The Labute approximate surface area is 142 Å². The largest absolute Gasteiger partial charge is 0.464 e. The summed E-state index contributed by atoms with van der Waals surface area (Å²) in [5.41, 5.74) is 2.63. The molecule has 2 aliphatic rings. The molecule has 0 bridgehead atoms. The molecule has 0 spiro atoms. The summed E-state index contributed by atoms with van der Waals surface area (Å²) in [7, 11) is 0. The first-order valence-electron chi connectivity index (χ1n) is 8.35. The molecular weight excluding hydrogens is 308 g/mol. The topological polar surface area (TPSA) is 67.9 Å². The number of carbonyl (C=O) groups is 2. The van der Waals surface area contributed by atoms with E-state index in [-0.39, 0.29) is 18.1 Å². The predicted octanol–water partition coefficient (Wildman–Crippen LogP) is 2.71. The fourth-order valence-corrected chi connectivity index (χ4v) is 3.01. The summed E-state index contributed by atoms with van der Waals surface area (Å²) in [5.74, 6) is -0.215. The van der Waals surface area contributed by atoms with Crippen molar-refractivity contribution in [2.24, 2.45) is 0 Å². The van der Waals surface area contributed by atoms with Gasteiger partial charge in [-0.2, -0.15) is 0 Å². The molecule has 1 saturated heterocycles. The van der Waals surface area contributed by atoms with Crippen LogP contribution < -0.4 is 5.32 Å². The number of carbonyl (C=O) groups excluding carboxylic acids is 2. The highest BCUT2D eigenvalue weighted by Crippen LogP contribution is 2.28. The lowest BCUT2D eigenvalue weighted by Crippen LogP contribution is -2.40. The van der Waals surface area contributed by atoms with Crippen LogP contribution in [-0.2, 0) is 27.2 Å². The van der Waals surface area contributed by atoms with Crippen molar-refractivity contribution in [1.29, 1.82) is 0 Å². The zero-order valence-corrected chi connectivity index (χ0v) is 14.4. The SMILES string of the molecule is CC(C)(C)OC(=O)N1CCc2cccc(NC3CCOC3=O)c2C1. The van der Waals surface area contributed by atoms with Gasteiger partial charge in [0.05, 0.1) is 13.2 Å². The summed E-state index contributed by atoms with van der Waals surface area (Å²) in [4.78, 5) is 25.8. The van der Waals surface area contributed by atoms with Gasteiger partial charge in [-0.1, -0.05) is 12.1 Å². The highest BCUT2D eigenvalue weighted by molar-refractivity contribution is 5.81. The van der Waals surface area contributed by atoms with Gasteiger partial charge in [0.2, 0.25) is 0 Å². The minimum absolute atomic E-state index is 0.215. The Bertz CT molecular complexity index is 651. The molecule has 1 unspecified atom stereocenters. The summed E-state index contributed by atoms with van der Waals surface area (Å²) in [6.07, 6.45) is 1.14. The van der Waals surface area contributed by atoms with Crippen LogP contribution >= 0.6 is 0 Å². The van der Waals surface area contributed by atoms with E-state index >= 15 is 0 Å². The van der Waals surface area contributed by atoms with Gasteiger partial charge in [0.25, 0.3) is 0 Å². The van der Waals surface area contributed by atoms with Crippen LogP contribution in [0.1, 0.15) is 38.3 Å². The third-order valence-corrected chi connectivity index (χ3v) is 4.19. The van der Waals surface area contributed by atoms with Crippen LogP contribution in [0.25, 0.3) is 0 Å². The summed E-state index contributed by atoms with van der Waals surface area (Å²) in [6, 6.07) is 5.68. The van der Waals surface area contributed by atoms with Gasteiger partial charge in [-0.25, -0.2) is 9.59 Å². The maximum Gasteiger partial charge on any atom is 0.410 e. The van der Waals surface area contributed by atoms with Crippen molar-refractivity contribution >= 4 is 17.7 Å². The molecule has 3 rings (SSSR count). The molecule has 6 nitrogen and oxygen atoms in total. The first-order valence-corrected chi connectivity index (χ1v) is 8.35. The number of hydrogen-bond donors (Lipinski definition) is 1. The second-order valence-electron chi connectivity index (χ2n) is 7.25. The molecule has 0 aromatic heterocycles. The number of anilines is 1. The molecular formula is C18H24N2O4. The molecule has 1 aromatic rings. The smallest absolute Gasteiger partial charge is 0.410 e. The molecule has 1 atom stereocenters. The van der Waals surface area contributed by atoms with Crippen LogP contribution in [-0.4, -0.2) is 41.8 Å². The molecule has 1 amide bonds. The average molecular weight is 332 g/mol. The molecule has 6 heteroatoms. The third-order valence-electron chi connectivity index (χ3n) is 4.19. The van der Waals surface area contributed by atoms with E-state index in [2.05, 4.69) is 11.4 Å². The van der Waals surface area contributed by atoms with Gasteiger partial charge < -0.3 is 19.7 Å². The fourth-order valence-electron chi connectivity index (χ4n) is 3.01. The van der Waals surface area contributed by atoms with Crippen molar-refractivity contribution in [3.8, 4) is 0 Å². The lowest BCUT2D eigenvalue weighted by molar-refractivity contribution is -0.138. The molecule has 130 valence electrons. The van der Waals surface area contributed by atoms with Crippen LogP contribution in [0.4, 0.5) is 10.5 Å². The molecule has 1 aromatic carbocycles. The van der Waals surface area contributed by atoms with E-state index in [1.807, 2.05) is 32.9 Å². The highest BCUT2D eigenvalue weighted by atomic mass is 16.6. The predicted molar refractivity (Wildman–Crippen MR) is 89.8 cm³/mol. The second kappa shape index (κ2) is 6.34. The van der Waals surface area contributed by atoms with Gasteiger partial charge in [-0.15, -0.1) is 0 Å². The summed E-state index contributed by atoms with van der Waals surface area (Å²) in [6.45, 7) is 7.16. The van der Waals surface area contributed by atoms with Gasteiger partial charge in [0.15, 0.2) is 0 Å².